The van der Waals surface area contributed by atoms with Crippen LogP contribution in [0.4, 0.5) is 5.69 Å². The van der Waals surface area contributed by atoms with Gasteiger partial charge in [-0.05, 0) is 31.9 Å². The first kappa shape index (κ1) is 22.3. The van der Waals surface area contributed by atoms with E-state index in [2.05, 4.69) is 15.6 Å². The number of aliphatic imine (C=N–C) groups is 1. The number of ether oxygens (including phenoxy) is 2. The molecule has 1 aromatic carbocycles. The Balaban J connectivity index is 0.00000338. The molecule has 8 heteroatoms. The van der Waals surface area contributed by atoms with Gasteiger partial charge in [0.05, 0.1) is 14.2 Å². The van der Waals surface area contributed by atoms with Crippen molar-refractivity contribution in [2.75, 3.05) is 45.7 Å². The van der Waals surface area contributed by atoms with E-state index in [0.717, 1.165) is 38.2 Å². The minimum atomic E-state index is 0. The molecule has 0 aliphatic carbocycles. The quantitative estimate of drug-likeness (QED) is 0.261. The number of carbonyl (C=O) groups is 1. The van der Waals surface area contributed by atoms with Crippen LogP contribution >= 0.6 is 24.0 Å². The lowest BCUT2D eigenvalue weighted by atomic mass is 10.3. The highest BCUT2D eigenvalue weighted by Crippen LogP contribution is 2.29. The van der Waals surface area contributed by atoms with Crippen molar-refractivity contribution < 1.29 is 14.3 Å². The number of guanidine groups is 1. The van der Waals surface area contributed by atoms with E-state index in [-0.39, 0.29) is 29.9 Å². The van der Waals surface area contributed by atoms with Crippen molar-refractivity contribution in [3.05, 3.63) is 18.2 Å². The lowest BCUT2D eigenvalue weighted by Gasteiger charge is -2.15. The molecule has 2 rings (SSSR count). The first-order valence-corrected chi connectivity index (χ1v) is 8.73. The van der Waals surface area contributed by atoms with Gasteiger partial charge in [0.25, 0.3) is 0 Å². The number of amides is 1. The van der Waals surface area contributed by atoms with Gasteiger partial charge in [-0.25, -0.2) is 0 Å². The summed E-state index contributed by atoms with van der Waals surface area (Å²) in [6.45, 7) is 5.11. The Morgan fingerprint density at radius 2 is 2.04 bits per heavy atom. The minimum absolute atomic E-state index is 0. The summed E-state index contributed by atoms with van der Waals surface area (Å²) in [4.78, 5) is 18.1. The highest BCUT2D eigenvalue weighted by Gasteiger charge is 2.18. The summed E-state index contributed by atoms with van der Waals surface area (Å²) >= 11 is 0. The van der Waals surface area contributed by atoms with Crippen LogP contribution in [0, 0.1) is 0 Å². The maximum absolute atomic E-state index is 11.6. The fourth-order valence-electron chi connectivity index (χ4n) is 2.75. The molecule has 26 heavy (non-hydrogen) atoms. The summed E-state index contributed by atoms with van der Waals surface area (Å²) in [6, 6.07) is 5.63. The summed E-state index contributed by atoms with van der Waals surface area (Å²) in [5.74, 6) is 2.32. The molecule has 7 nitrogen and oxygen atoms in total. The van der Waals surface area contributed by atoms with Crippen LogP contribution in [0.2, 0.25) is 0 Å². The molecule has 1 aromatic rings. The molecule has 1 amide bonds. The smallest absolute Gasteiger partial charge is 0.222 e. The number of carbonyl (C=O) groups excluding carboxylic acids is 1. The third kappa shape index (κ3) is 6.54. The molecule has 2 N–H and O–H groups in total. The zero-order chi connectivity index (χ0) is 18.1. The highest BCUT2D eigenvalue weighted by atomic mass is 127. The number of hydrogen-bond donors (Lipinski definition) is 2. The molecule has 1 saturated heterocycles. The van der Waals surface area contributed by atoms with Crippen LogP contribution < -0.4 is 20.1 Å². The number of hydrogen-bond acceptors (Lipinski definition) is 4. The molecule has 0 radical (unpaired) electrons. The van der Waals surface area contributed by atoms with Crippen molar-refractivity contribution in [3.8, 4) is 11.5 Å². The number of methoxy groups -OCH3 is 2. The van der Waals surface area contributed by atoms with Crippen molar-refractivity contribution in [3.63, 3.8) is 0 Å². The topological polar surface area (TPSA) is 75.2 Å². The van der Waals surface area contributed by atoms with E-state index in [0.29, 0.717) is 30.4 Å². The van der Waals surface area contributed by atoms with E-state index in [1.807, 2.05) is 30.0 Å². The molecular formula is C18H29IN4O3. The first-order valence-electron chi connectivity index (χ1n) is 8.73. The normalized spacial score (nSPS) is 14.0. The number of halogens is 1. The second kappa shape index (κ2) is 11.8. The first-order chi connectivity index (χ1) is 12.2. The molecule has 0 aromatic heterocycles. The number of anilines is 1. The number of likely N-dealkylation sites (tertiary alicyclic amines) is 1. The maximum atomic E-state index is 11.6. The minimum Gasteiger partial charge on any atom is -0.493 e. The van der Waals surface area contributed by atoms with E-state index in [9.17, 15) is 4.79 Å². The summed E-state index contributed by atoms with van der Waals surface area (Å²) < 4.78 is 10.6. The fraction of sp³-hybridized carbons (Fsp3) is 0.556. The molecule has 1 fully saturated rings. The predicted octanol–water partition coefficient (Wildman–Crippen LogP) is 2.71. The monoisotopic (exact) mass is 476 g/mol. The van der Waals surface area contributed by atoms with Crippen LogP contribution in [0.1, 0.15) is 26.2 Å². The molecule has 0 atom stereocenters. The average molecular weight is 476 g/mol. The molecule has 0 unspecified atom stereocenters. The van der Waals surface area contributed by atoms with Gasteiger partial charge in [-0.15, -0.1) is 24.0 Å². The van der Waals surface area contributed by atoms with Crippen molar-refractivity contribution in [2.24, 2.45) is 4.99 Å². The lowest BCUT2D eigenvalue weighted by Crippen LogP contribution is -2.31. The molecule has 0 spiro atoms. The zero-order valence-electron chi connectivity index (χ0n) is 15.7. The third-order valence-corrected chi connectivity index (χ3v) is 4.02. The van der Waals surface area contributed by atoms with Gasteiger partial charge in [0.2, 0.25) is 5.91 Å². The average Bonchev–Trinajstić information content (AvgIpc) is 3.03. The van der Waals surface area contributed by atoms with E-state index < -0.39 is 0 Å². The second-order valence-electron chi connectivity index (χ2n) is 5.79. The molecule has 1 aliphatic rings. The van der Waals surface area contributed by atoms with E-state index in [4.69, 9.17) is 9.47 Å². The van der Waals surface area contributed by atoms with E-state index in [1.165, 1.54) is 0 Å². The summed E-state index contributed by atoms with van der Waals surface area (Å²) in [5.41, 5.74) is 0.868. The van der Waals surface area contributed by atoms with Gasteiger partial charge in [-0.2, -0.15) is 0 Å². The Morgan fingerprint density at radius 1 is 1.27 bits per heavy atom. The van der Waals surface area contributed by atoms with E-state index in [1.54, 1.807) is 14.2 Å². The molecule has 0 saturated carbocycles. The van der Waals surface area contributed by atoms with Crippen LogP contribution in [-0.4, -0.2) is 57.2 Å². The number of nitrogens with zero attached hydrogens (tertiary/aromatic N) is 2. The Bertz CT molecular complexity index is 610. The van der Waals surface area contributed by atoms with Gasteiger partial charge in [-0.3, -0.25) is 9.79 Å². The van der Waals surface area contributed by atoms with Gasteiger partial charge >= 0.3 is 0 Å². The van der Waals surface area contributed by atoms with Gasteiger partial charge in [0.15, 0.2) is 17.5 Å². The number of rotatable bonds is 8. The largest absolute Gasteiger partial charge is 0.493 e. The number of nitrogens with one attached hydrogen (secondary N) is 2. The Labute approximate surface area is 172 Å². The van der Waals surface area contributed by atoms with Crippen LogP contribution in [0.25, 0.3) is 0 Å². The lowest BCUT2D eigenvalue weighted by molar-refractivity contribution is -0.127. The van der Waals surface area contributed by atoms with Crippen LogP contribution in [0.15, 0.2) is 23.2 Å². The van der Waals surface area contributed by atoms with Crippen LogP contribution in [0.5, 0.6) is 11.5 Å². The van der Waals surface area contributed by atoms with Crippen molar-refractivity contribution in [2.45, 2.75) is 26.2 Å². The van der Waals surface area contributed by atoms with Gasteiger partial charge < -0.3 is 25.0 Å². The fourth-order valence-corrected chi connectivity index (χ4v) is 2.75. The van der Waals surface area contributed by atoms with Crippen molar-refractivity contribution in [1.29, 1.82) is 0 Å². The maximum Gasteiger partial charge on any atom is 0.222 e. The van der Waals surface area contributed by atoms with Gasteiger partial charge in [0, 0.05) is 44.4 Å². The Morgan fingerprint density at radius 3 is 2.65 bits per heavy atom. The molecular weight excluding hydrogens is 447 g/mol. The van der Waals surface area contributed by atoms with Crippen molar-refractivity contribution in [1.82, 2.24) is 10.2 Å². The summed E-state index contributed by atoms with van der Waals surface area (Å²) in [6.07, 6.45) is 2.52. The van der Waals surface area contributed by atoms with Gasteiger partial charge in [-0.1, -0.05) is 0 Å². The van der Waals surface area contributed by atoms with Crippen molar-refractivity contribution >= 4 is 41.5 Å². The van der Waals surface area contributed by atoms with Crippen LogP contribution in [0.3, 0.4) is 0 Å². The summed E-state index contributed by atoms with van der Waals surface area (Å²) in [7, 11) is 3.22. The molecule has 1 aliphatic heterocycles. The number of benzene rings is 1. The molecule has 0 bridgehead atoms. The van der Waals surface area contributed by atoms with Gasteiger partial charge in [0.1, 0.15) is 0 Å². The second-order valence-corrected chi connectivity index (χ2v) is 5.79. The SMILES string of the molecule is CCNC(=NCCCN1CCCC1=O)Nc1ccc(OC)c(OC)c1.I. The predicted molar refractivity (Wildman–Crippen MR) is 115 cm³/mol. The molecule has 146 valence electrons. The summed E-state index contributed by atoms with van der Waals surface area (Å²) in [5, 5.41) is 6.49. The molecule has 1 heterocycles. The zero-order valence-corrected chi connectivity index (χ0v) is 18.0. The standard InChI is InChI=1S/C18H28N4O3.HI/c1-4-19-18(20-10-6-12-22-11-5-7-17(22)23)21-14-8-9-15(24-2)16(13-14)25-3;/h8-9,13H,4-7,10-12H2,1-3H3,(H2,19,20,21);1H. The highest BCUT2D eigenvalue weighted by molar-refractivity contribution is 14.0. The van der Waals surface area contributed by atoms with E-state index >= 15 is 0 Å². The third-order valence-electron chi connectivity index (χ3n) is 4.02. The Kier molecular flexibility index (Phi) is 10.2. The Hall–Kier alpha value is -1.71. The van der Waals surface area contributed by atoms with Crippen LogP contribution in [-0.2, 0) is 4.79 Å².